The molecule has 0 radical (unpaired) electrons. The second kappa shape index (κ2) is 8.63. The second-order valence-electron chi connectivity index (χ2n) is 4.28. The molecule has 1 aromatic rings. The van der Waals surface area contributed by atoms with Crippen molar-refractivity contribution in [1.29, 1.82) is 0 Å². The Kier molecular flexibility index (Phi) is 7.52. The van der Waals surface area contributed by atoms with Crippen LogP contribution in [-0.2, 0) is 4.79 Å². The summed E-state index contributed by atoms with van der Waals surface area (Å²) in [6.07, 6.45) is 3.68. The molecule has 0 fully saturated rings. The van der Waals surface area contributed by atoms with Crippen molar-refractivity contribution in [1.82, 2.24) is 0 Å². The summed E-state index contributed by atoms with van der Waals surface area (Å²) >= 11 is 17.2. The van der Waals surface area contributed by atoms with Gasteiger partial charge in [-0.3, -0.25) is 0 Å². The quantitative estimate of drug-likeness (QED) is 0.311. The minimum atomic E-state index is -2.61. The van der Waals surface area contributed by atoms with Gasteiger partial charge in [0, 0.05) is 6.08 Å². The summed E-state index contributed by atoms with van der Waals surface area (Å²) in [6.45, 7) is 0.304. The van der Waals surface area contributed by atoms with Gasteiger partial charge in [0.25, 0.3) is 0 Å². The number of benzene rings is 1. The van der Waals surface area contributed by atoms with Gasteiger partial charge >= 0.3 is 12.0 Å². The lowest BCUT2D eigenvalue weighted by Gasteiger charge is -2.09. The van der Waals surface area contributed by atoms with Crippen LogP contribution in [0.15, 0.2) is 24.3 Å². The lowest BCUT2D eigenvalue weighted by molar-refractivity contribution is -0.131. The van der Waals surface area contributed by atoms with E-state index < -0.39 is 17.8 Å². The number of carboxylic acid groups (broad SMARTS) is 1. The van der Waals surface area contributed by atoms with E-state index in [-0.39, 0.29) is 5.75 Å². The first-order valence-corrected chi connectivity index (χ1v) is 11.4. The van der Waals surface area contributed by atoms with Gasteiger partial charge in [-0.05, 0) is 42.7 Å². The van der Waals surface area contributed by atoms with Crippen molar-refractivity contribution in [3.05, 3.63) is 35.7 Å². The fourth-order valence-corrected chi connectivity index (χ4v) is 3.36. The van der Waals surface area contributed by atoms with Gasteiger partial charge in [0.1, 0.15) is 0 Å². The van der Waals surface area contributed by atoms with Crippen LogP contribution in [0.25, 0.3) is 6.08 Å². The molecule has 0 aromatic heterocycles. The fourth-order valence-electron chi connectivity index (χ4n) is 1.51. The molecule has 0 saturated carbocycles. The number of ether oxygens (including phenoxy) is 1. The summed E-state index contributed by atoms with van der Waals surface area (Å²) in [5.74, 6) is -1.50. The van der Waals surface area contributed by atoms with Crippen LogP contribution < -0.4 is 4.74 Å². The van der Waals surface area contributed by atoms with Gasteiger partial charge in [0.05, 0.1) is 6.61 Å². The first-order valence-electron chi connectivity index (χ1n) is 6.18. The Morgan fingerprint density at radius 1 is 1.33 bits per heavy atom. The highest BCUT2D eigenvalue weighted by Gasteiger charge is 2.23. The molecule has 0 aliphatic carbocycles. The Balaban J connectivity index is 2.50. The van der Waals surface area contributed by atoms with Gasteiger partial charge < -0.3 is 9.84 Å². The summed E-state index contributed by atoms with van der Waals surface area (Å²) in [6, 6.07) is 2.07. The predicted octanol–water partition coefficient (Wildman–Crippen LogP) is 4.74. The van der Waals surface area contributed by atoms with Crippen molar-refractivity contribution in [2.24, 2.45) is 0 Å². The van der Waals surface area contributed by atoms with Crippen molar-refractivity contribution in [2.75, 3.05) is 6.61 Å². The van der Waals surface area contributed by atoms with E-state index in [1.54, 1.807) is 0 Å². The largest absolute Gasteiger partial charge is 0.490 e. The van der Waals surface area contributed by atoms with Crippen molar-refractivity contribution >= 4 is 51.3 Å². The molecular formula is C13H14Cl3FO3Si. The molecular weight excluding hydrogens is 358 g/mol. The highest BCUT2D eigenvalue weighted by molar-refractivity contribution is 7.64. The Morgan fingerprint density at radius 2 is 2.05 bits per heavy atom. The molecule has 0 amide bonds. The van der Waals surface area contributed by atoms with E-state index in [2.05, 4.69) is 0 Å². The Morgan fingerprint density at radius 3 is 2.67 bits per heavy atom. The molecule has 0 saturated heterocycles. The van der Waals surface area contributed by atoms with Crippen LogP contribution in [0.2, 0.25) is 6.04 Å². The van der Waals surface area contributed by atoms with Crippen LogP contribution in [0.1, 0.15) is 18.4 Å². The first-order chi connectivity index (χ1) is 9.78. The van der Waals surface area contributed by atoms with Crippen LogP contribution in [0.5, 0.6) is 5.75 Å². The number of carbonyl (C=O) groups is 1. The molecule has 1 N–H and O–H groups in total. The van der Waals surface area contributed by atoms with E-state index in [4.69, 9.17) is 43.1 Å². The zero-order valence-electron chi connectivity index (χ0n) is 11.0. The number of hydrogen-bond donors (Lipinski definition) is 1. The van der Waals surface area contributed by atoms with Crippen LogP contribution in [0.3, 0.4) is 0 Å². The average molecular weight is 372 g/mol. The van der Waals surface area contributed by atoms with Gasteiger partial charge in [-0.15, -0.1) is 33.2 Å². The summed E-state index contributed by atoms with van der Waals surface area (Å²) < 4.78 is 18.9. The number of halogens is 4. The minimum Gasteiger partial charge on any atom is -0.490 e. The van der Waals surface area contributed by atoms with Crippen molar-refractivity contribution < 1.29 is 19.0 Å². The number of carboxylic acids is 1. The Bertz CT molecular complexity index is 518. The van der Waals surface area contributed by atoms with Crippen molar-refractivity contribution in [3.8, 4) is 5.75 Å². The summed E-state index contributed by atoms with van der Waals surface area (Å²) in [4.78, 5) is 10.4. The number of aliphatic carboxylic acids is 1. The van der Waals surface area contributed by atoms with E-state index in [1.807, 2.05) is 0 Å². The fraction of sp³-hybridized carbons (Fsp3) is 0.308. The third-order valence-corrected chi connectivity index (χ3v) is 5.11. The maximum Gasteiger partial charge on any atom is 0.341 e. The molecule has 1 aromatic carbocycles. The normalized spacial score (nSPS) is 11.8. The zero-order chi connectivity index (χ0) is 15.9. The monoisotopic (exact) mass is 370 g/mol. The Labute approximate surface area is 137 Å². The van der Waals surface area contributed by atoms with E-state index in [0.29, 0.717) is 31.1 Å². The van der Waals surface area contributed by atoms with Crippen LogP contribution in [0, 0.1) is 5.82 Å². The molecule has 0 heterocycles. The van der Waals surface area contributed by atoms with E-state index in [0.717, 1.165) is 6.08 Å². The highest BCUT2D eigenvalue weighted by atomic mass is 35.8. The molecule has 116 valence electrons. The van der Waals surface area contributed by atoms with Gasteiger partial charge in [-0.25, -0.2) is 9.18 Å². The Hall–Kier alpha value is -0.753. The van der Waals surface area contributed by atoms with E-state index >= 15 is 0 Å². The topological polar surface area (TPSA) is 46.5 Å². The van der Waals surface area contributed by atoms with Gasteiger partial charge in [0.15, 0.2) is 11.6 Å². The molecule has 3 nitrogen and oxygen atoms in total. The maximum absolute atomic E-state index is 13.5. The number of hydrogen-bond acceptors (Lipinski definition) is 2. The van der Waals surface area contributed by atoms with E-state index in [1.165, 1.54) is 24.3 Å². The highest BCUT2D eigenvalue weighted by Crippen LogP contribution is 2.27. The van der Waals surface area contributed by atoms with Crippen molar-refractivity contribution in [3.63, 3.8) is 0 Å². The third kappa shape index (κ3) is 8.31. The van der Waals surface area contributed by atoms with Crippen LogP contribution >= 0.6 is 33.2 Å². The standard InChI is InChI=1S/C13H14Cl3FO3Si/c14-21(15,16)8-2-1-7-20-12-9-10(3-5-11(12)17)4-6-13(18)19/h3-6,9H,1-2,7-8H2,(H,18,19). The molecule has 0 aliphatic heterocycles. The summed E-state index contributed by atoms with van der Waals surface area (Å²) in [7, 11) is 0. The molecule has 0 unspecified atom stereocenters. The SMILES string of the molecule is O=C(O)C=Cc1ccc(F)c(OCCCC[Si](Cl)(Cl)Cl)c1. The van der Waals surface area contributed by atoms with Crippen LogP contribution in [-0.4, -0.2) is 23.7 Å². The predicted molar refractivity (Wildman–Crippen MR) is 85.9 cm³/mol. The molecule has 0 spiro atoms. The van der Waals surface area contributed by atoms with Crippen molar-refractivity contribution in [2.45, 2.75) is 18.9 Å². The lowest BCUT2D eigenvalue weighted by Crippen LogP contribution is -2.09. The summed E-state index contributed by atoms with van der Waals surface area (Å²) in [5, 5.41) is 8.54. The molecule has 0 bridgehead atoms. The summed E-state index contributed by atoms with van der Waals surface area (Å²) in [5.41, 5.74) is 0.544. The first kappa shape index (κ1) is 18.3. The molecule has 1 rings (SSSR count). The third-order valence-electron chi connectivity index (χ3n) is 2.49. The van der Waals surface area contributed by atoms with Gasteiger partial charge in [-0.2, -0.15) is 0 Å². The van der Waals surface area contributed by atoms with Gasteiger partial charge in [-0.1, -0.05) is 6.07 Å². The molecule has 0 aliphatic rings. The minimum absolute atomic E-state index is 0.0775. The number of unbranched alkanes of at least 4 members (excludes halogenated alkanes) is 1. The molecule has 8 heteroatoms. The van der Waals surface area contributed by atoms with Crippen LogP contribution in [0.4, 0.5) is 4.39 Å². The molecule has 0 atom stereocenters. The maximum atomic E-state index is 13.5. The second-order valence-corrected chi connectivity index (χ2v) is 13.6. The number of rotatable bonds is 8. The average Bonchev–Trinajstić information content (AvgIpc) is 2.37. The lowest BCUT2D eigenvalue weighted by atomic mass is 10.2. The van der Waals surface area contributed by atoms with E-state index in [9.17, 15) is 9.18 Å². The molecule has 21 heavy (non-hydrogen) atoms. The van der Waals surface area contributed by atoms with Gasteiger partial charge in [0.2, 0.25) is 0 Å². The smallest absolute Gasteiger partial charge is 0.341 e. The zero-order valence-corrected chi connectivity index (χ0v) is 14.3.